The number of nitrogens with zero attached hydrogens (tertiary/aromatic N) is 3. The quantitative estimate of drug-likeness (QED) is 0.811. The molecule has 0 saturated heterocycles. The van der Waals surface area contributed by atoms with Gasteiger partial charge >= 0.3 is 0 Å². The van der Waals surface area contributed by atoms with Crippen LogP contribution in [0.5, 0.6) is 0 Å². The lowest BCUT2D eigenvalue weighted by Gasteiger charge is -2.00. The van der Waals surface area contributed by atoms with E-state index in [1.165, 1.54) is 12.8 Å². The summed E-state index contributed by atoms with van der Waals surface area (Å²) in [6.45, 7) is 0.651. The number of hydrogen-bond acceptors (Lipinski definition) is 3. The van der Waals surface area contributed by atoms with Gasteiger partial charge in [-0.3, -0.25) is 0 Å². The summed E-state index contributed by atoms with van der Waals surface area (Å²) in [6, 6.07) is 6.08. The molecule has 2 aromatic heterocycles. The van der Waals surface area contributed by atoms with Crippen LogP contribution in [0.3, 0.4) is 0 Å². The van der Waals surface area contributed by atoms with E-state index in [0.717, 1.165) is 23.6 Å². The van der Waals surface area contributed by atoms with Gasteiger partial charge in [0.05, 0.1) is 0 Å². The van der Waals surface area contributed by atoms with Crippen LogP contribution in [0.2, 0.25) is 0 Å². The topological polar surface area (TPSA) is 56.2 Å². The van der Waals surface area contributed by atoms with Crippen molar-refractivity contribution in [2.75, 3.05) is 6.54 Å². The fourth-order valence-electron chi connectivity index (χ4n) is 1.83. The van der Waals surface area contributed by atoms with Crippen molar-refractivity contribution in [1.82, 2.24) is 14.6 Å². The van der Waals surface area contributed by atoms with Crippen LogP contribution >= 0.6 is 0 Å². The predicted octanol–water partition coefficient (Wildman–Crippen LogP) is 1.11. The summed E-state index contributed by atoms with van der Waals surface area (Å²) in [5.74, 6) is 1.61. The molecule has 0 aliphatic heterocycles. The van der Waals surface area contributed by atoms with E-state index in [4.69, 9.17) is 5.73 Å². The third kappa shape index (κ3) is 1.51. The van der Waals surface area contributed by atoms with E-state index in [9.17, 15) is 0 Å². The van der Waals surface area contributed by atoms with E-state index in [1.807, 2.05) is 16.6 Å². The summed E-state index contributed by atoms with van der Waals surface area (Å²) in [4.78, 5) is 4.53. The SMILES string of the molecule is NCCc1cccc2nc(C3CC3)nn12. The van der Waals surface area contributed by atoms with Crippen molar-refractivity contribution in [1.29, 1.82) is 0 Å². The lowest BCUT2D eigenvalue weighted by Crippen LogP contribution is -2.07. The van der Waals surface area contributed by atoms with Crippen molar-refractivity contribution in [2.24, 2.45) is 5.73 Å². The van der Waals surface area contributed by atoms with Gasteiger partial charge in [-0.05, 0) is 31.5 Å². The van der Waals surface area contributed by atoms with Gasteiger partial charge in [0, 0.05) is 18.0 Å². The molecule has 4 heteroatoms. The van der Waals surface area contributed by atoms with Gasteiger partial charge < -0.3 is 5.73 Å². The van der Waals surface area contributed by atoms with Crippen molar-refractivity contribution in [2.45, 2.75) is 25.2 Å². The molecular formula is C11H14N4. The van der Waals surface area contributed by atoms with Gasteiger partial charge in [0.2, 0.25) is 0 Å². The molecule has 1 fully saturated rings. The average molecular weight is 202 g/mol. The molecule has 1 saturated carbocycles. The molecular weight excluding hydrogens is 188 g/mol. The first-order valence-electron chi connectivity index (χ1n) is 5.43. The Hall–Kier alpha value is -1.42. The maximum Gasteiger partial charge on any atom is 0.155 e. The van der Waals surface area contributed by atoms with Gasteiger partial charge in [0.25, 0.3) is 0 Å². The number of nitrogens with two attached hydrogens (primary N) is 1. The lowest BCUT2D eigenvalue weighted by molar-refractivity contribution is 0.803. The van der Waals surface area contributed by atoms with Crippen LogP contribution in [-0.2, 0) is 6.42 Å². The molecule has 0 spiro atoms. The predicted molar refractivity (Wildman–Crippen MR) is 57.7 cm³/mol. The second-order valence-electron chi connectivity index (χ2n) is 4.07. The smallest absolute Gasteiger partial charge is 0.155 e. The van der Waals surface area contributed by atoms with Gasteiger partial charge in [-0.2, -0.15) is 5.10 Å². The van der Waals surface area contributed by atoms with Crippen molar-refractivity contribution in [3.8, 4) is 0 Å². The normalized spacial score (nSPS) is 16.1. The summed E-state index contributed by atoms with van der Waals surface area (Å²) < 4.78 is 1.93. The fraction of sp³-hybridized carbons (Fsp3) is 0.455. The number of aromatic nitrogens is 3. The van der Waals surface area contributed by atoms with Crippen LogP contribution < -0.4 is 5.73 Å². The molecule has 0 bridgehead atoms. The Morgan fingerprint density at radius 2 is 2.27 bits per heavy atom. The van der Waals surface area contributed by atoms with E-state index in [-0.39, 0.29) is 0 Å². The Labute approximate surface area is 88.1 Å². The Morgan fingerprint density at radius 3 is 3.00 bits per heavy atom. The molecule has 2 aromatic rings. The largest absolute Gasteiger partial charge is 0.330 e. The molecule has 0 amide bonds. The Balaban J connectivity index is 2.11. The van der Waals surface area contributed by atoms with Crippen molar-refractivity contribution in [3.05, 3.63) is 29.7 Å². The van der Waals surface area contributed by atoms with Crippen LogP contribution in [0.4, 0.5) is 0 Å². The molecule has 2 heterocycles. The first-order chi connectivity index (χ1) is 7.38. The van der Waals surface area contributed by atoms with E-state index in [1.54, 1.807) is 0 Å². The average Bonchev–Trinajstić information content (AvgIpc) is 2.99. The van der Waals surface area contributed by atoms with Crippen LogP contribution in [0.1, 0.15) is 30.3 Å². The fourth-order valence-corrected chi connectivity index (χ4v) is 1.83. The third-order valence-electron chi connectivity index (χ3n) is 2.80. The summed E-state index contributed by atoms with van der Waals surface area (Å²) >= 11 is 0. The number of pyridine rings is 1. The molecule has 4 nitrogen and oxygen atoms in total. The number of hydrogen-bond donors (Lipinski definition) is 1. The molecule has 0 unspecified atom stereocenters. The summed E-state index contributed by atoms with van der Waals surface area (Å²) in [6.07, 6.45) is 3.33. The van der Waals surface area contributed by atoms with Crippen molar-refractivity contribution in [3.63, 3.8) is 0 Å². The van der Waals surface area contributed by atoms with E-state index in [0.29, 0.717) is 12.5 Å². The maximum atomic E-state index is 5.57. The summed E-state index contributed by atoms with van der Waals surface area (Å²) in [5.41, 5.74) is 7.66. The first-order valence-corrected chi connectivity index (χ1v) is 5.43. The minimum absolute atomic E-state index is 0.607. The number of rotatable bonds is 3. The highest BCUT2D eigenvalue weighted by atomic mass is 15.3. The van der Waals surface area contributed by atoms with Crippen LogP contribution in [-0.4, -0.2) is 21.1 Å². The molecule has 0 atom stereocenters. The lowest BCUT2D eigenvalue weighted by atomic mass is 10.3. The van der Waals surface area contributed by atoms with E-state index >= 15 is 0 Å². The van der Waals surface area contributed by atoms with Gasteiger partial charge in [-0.15, -0.1) is 0 Å². The molecule has 2 N–H and O–H groups in total. The highest BCUT2D eigenvalue weighted by Gasteiger charge is 2.28. The first kappa shape index (κ1) is 8.85. The van der Waals surface area contributed by atoms with Crippen LogP contribution in [0.15, 0.2) is 18.2 Å². The Bertz CT molecular complexity index is 484. The molecule has 15 heavy (non-hydrogen) atoms. The highest BCUT2D eigenvalue weighted by molar-refractivity contribution is 5.39. The number of fused-ring (bicyclic) bond motifs is 1. The third-order valence-corrected chi connectivity index (χ3v) is 2.80. The monoisotopic (exact) mass is 202 g/mol. The minimum Gasteiger partial charge on any atom is -0.330 e. The van der Waals surface area contributed by atoms with E-state index < -0.39 is 0 Å². The highest BCUT2D eigenvalue weighted by Crippen LogP contribution is 2.38. The molecule has 1 aliphatic carbocycles. The summed E-state index contributed by atoms with van der Waals surface area (Å²) in [7, 11) is 0. The Kier molecular flexibility index (Phi) is 1.95. The second-order valence-corrected chi connectivity index (χ2v) is 4.07. The molecule has 0 radical (unpaired) electrons. The standard InChI is InChI=1S/C11H14N4/c12-7-6-9-2-1-3-10-13-11(8-4-5-8)14-15(9)10/h1-3,8H,4-7,12H2. The summed E-state index contributed by atoms with van der Waals surface area (Å²) in [5, 5.41) is 4.54. The zero-order valence-electron chi connectivity index (χ0n) is 8.56. The van der Waals surface area contributed by atoms with E-state index in [2.05, 4.69) is 16.1 Å². The van der Waals surface area contributed by atoms with Crippen LogP contribution in [0.25, 0.3) is 5.65 Å². The van der Waals surface area contributed by atoms with Gasteiger partial charge in [0.1, 0.15) is 0 Å². The minimum atomic E-state index is 0.607. The van der Waals surface area contributed by atoms with Gasteiger partial charge in [-0.1, -0.05) is 6.07 Å². The van der Waals surface area contributed by atoms with Gasteiger partial charge in [0.15, 0.2) is 11.5 Å². The molecule has 3 rings (SSSR count). The molecule has 0 aromatic carbocycles. The van der Waals surface area contributed by atoms with Crippen LogP contribution in [0, 0.1) is 0 Å². The zero-order valence-corrected chi connectivity index (χ0v) is 8.56. The maximum absolute atomic E-state index is 5.57. The zero-order chi connectivity index (χ0) is 10.3. The van der Waals surface area contributed by atoms with Gasteiger partial charge in [-0.25, -0.2) is 9.50 Å². The second kappa shape index (κ2) is 3.31. The van der Waals surface area contributed by atoms with Crippen molar-refractivity contribution < 1.29 is 0 Å². The molecule has 1 aliphatic rings. The van der Waals surface area contributed by atoms with Crippen molar-refractivity contribution >= 4 is 5.65 Å². The molecule has 78 valence electrons. The Morgan fingerprint density at radius 1 is 1.40 bits per heavy atom.